The number of carbonyl (C=O) groups excluding carboxylic acids is 3. The second-order valence-corrected chi connectivity index (χ2v) is 10.4. The van der Waals surface area contributed by atoms with Crippen LogP contribution < -0.4 is 16.0 Å². The number of hydrogen-bond acceptors (Lipinski definition) is 5. The van der Waals surface area contributed by atoms with Crippen molar-refractivity contribution in [2.45, 2.75) is 75.1 Å². The zero-order valence-corrected chi connectivity index (χ0v) is 21.2. The third-order valence-corrected chi connectivity index (χ3v) is 7.59. The van der Waals surface area contributed by atoms with Crippen LogP contribution in [-0.4, -0.2) is 53.3 Å². The Hall–Kier alpha value is -2.32. The lowest BCUT2D eigenvalue weighted by Crippen LogP contribution is -2.54. The van der Waals surface area contributed by atoms with Crippen molar-refractivity contribution in [2.24, 2.45) is 11.8 Å². The van der Waals surface area contributed by atoms with Crippen molar-refractivity contribution in [1.29, 1.82) is 0 Å². The smallest absolute Gasteiger partial charge is 0.244 e. The Kier molecular flexibility index (Phi) is 11.1. The molecule has 4 N–H and O–H groups in total. The van der Waals surface area contributed by atoms with E-state index < -0.39 is 17.3 Å². The lowest BCUT2D eigenvalue weighted by molar-refractivity contribution is -0.129. The Morgan fingerprint density at radius 2 is 1.80 bits per heavy atom. The van der Waals surface area contributed by atoms with E-state index >= 15 is 0 Å². The lowest BCUT2D eigenvalue weighted by atomic mass is 9.84. The number of carbonyl (C=O) groups is 3. The van der Waals surface area contributed by atoms with Crippen molar-refractivity contribution >= 4 is 36.4 Å². The summed E-state index contributed by atoms with van der Waals surface area (Å²) in [4.78, 5) is 38.4. The summed E-state index contributed by atoms with van der Waals surface area (Å²) in [6.07, 6.45) is 11.4. The normalized spacial score (nSPS) is 21.7. The van der Waals surface area contributed by atoms with Gasteiger partial charge in [0, 0.05) is 29.8 Å². The number of aliphatic hydroxyl groups excluding tert-OH is 1. The van der Waals surface area contributed by atoms with Gasteiger partial charge in [-0.1, -0.05) is 62.4 Å². The Bertz CT molecular complexity index is 857. The first-order chi connectivity index (χ1) is 17.0. The molecule has 1 saturated carbocycles. The van der Waals surface area contributed by atoms with Gasteiger partial charge in [0.1, 0.15) is 6.04 Å². The van der Waals surface area contributed by atoms with E-state index in [2.05, 4.69) is 28.6 Å². The number of nitrogens with one attached hydrogen (secondary N) is 3. The van der Waals surface area contributed by atoms with Crippen LogP contribution in [0.25, 0.3) is 6.08 Å². The van der Waals surface area contributed by atoms with Crippen molar-refractivity contribution in [3.05, 3.63) is 42.0 Å². The lowest BCUT2D eigenvalue weighted by Gasteiger charge is -2.32. The number of rotatable bonds is 11. The maximum atomic E-state index is 13.4. The molecule has 0 aromatic heterocycles. The van der Waals surface area contributed by atoms with E-state index in [0.29, 0.717) is 25.3 Å². The van der Waals surface area contributed by atoms with Gasteiger partial charge in [-0.2, -0.15) is 12.6 Å². The molecule has 0 bridgehead atoms. The van der Waals surface area contributed by atoms with Crippen LogP contribution in [0.4, 0.5) is 0 Å². The molecule has 3 amide bonds. The van der Waals surface area contributed by atoms with Gasteiger partial charge in [-0.15, -0.1) is 0 Å². The van der Waals surface area contributed by atoms with E-state index in [-0.39, 0.29) is 30.2 Å². The molecule has 8 heteroatoms. The SMILES string of the molecule is O=C(/C=C/c1ccccc1)N[C@@H](CC1CCCCC1)C(=O)N[C@@H](C[C@@H]1CCCNC1=O)C(S)CO. The van der Waals surface area contributed by atoms with Crippen LogP contribution in [0.15, 0.2) is 36.4 Å². The number of aliphatic hydroxyl groups is 1. The standard InChI is InChI=1S/C27H39N3O4S/c31-18-24(35)22(17-21-12-7-15-28-26(21)33)30-27(34)23(16-20-10-5-2-6-11-20)29-25(32)14-13-19-8-3-1-4-9-19/h1,3-4,8-9,13-14,20-24,31,35H,2,5-7,10-12,15-18H2,(H,28,33)(H,29,32)(H,30,34)/b14-13+/t21-,22-,23-,24?/m0/s1. The monoisotopic (exact) mass is 501 g/mol. The summed E-state index contributed by atoms with van der Waals surface area (Å²) in [7, 11) is 0. The molecule has 1 aliphatic heterocycles. The van der Waals surface area contributed by atoms with E-state index in [9.17, 15) is 19.5 Å². The van der Waals surface area contributed by atoms with E-state index in [1.165, 1.54) is 12.5 Å². The third-order valence-electron chi connectivity index (χ3n) is 7.07. The maximum absolute atomic E-state index is 13.4. The molecule has 3 rings (SSSR count). The molecule has 192 valence electrons. The van der Waals surface area contributed by atoms with Crippen molar-refractivity contribution in [3.8, 4) is 0 Å². The molecule has 7 nitrogen and oxygen atoms in total. The van der Waals surface area contributed by atoms with Gasteiger partial charge in [-0.25, -0.2) is 0 Å². The number of thiol groups is 1. The Labute approximate surface area is 213 Å². The topological polar surface area (TPSA) is 108 Å². The predicted octanol–water partition coefficient (Wildman–Crippen LogP) is 2.85. The number of hydrogen-bond donors (Lipinski definition) is 5. The first-order valence-corrected chi connectivity index (χ1v) is 13.4. The molecule has 4 atom stereocenters. The molecule has 0 spiro atoms. The molecular formula is C27H39N3O4S. The van der Waals surface area contributed by atoms with Crippen molar-refractivity contribution in [1.82, 2.24) is 16.0 Å². The first-order valence-electron chi connectivity index (χ1n) is 12.9. The molecular weight excluding hydrogens is 462 g/mol. The highest BCUT2D eigenvalue weighted by Gasteiger charge is 2.32. The fourth-order valence-electron chi connectivity index (χ4n) is 5.03. The van der Waals surface area contributed by atoms with Crippen LogP contribution in [0, 0.1) is 11.8 Å². The Morgan fingerprint density at radius 1 is 1.06 bits per heavy atom. The van der Waals surface area contributed by atoms with Gasteiger partial charge in [-0.3, -0.25) is 14.4 Å². The first kappa shape index (κ1) is 27.3. The summed E-state index contributed by atoms with van der Waals surface area (Å²) >= 11 is 4.48. The van der Waals surface area contributed by atoms with Crippen LogP contribution in [-0.2, 0) is 14.4 Å². The summed E-state index contributed by atoms with van der Waals surface area (Å²) in [6, 6.07) is 8.37. The minimum absolute atomic E-state index is 0.0212. The number of piperidine rings is 1. The summed E-state index contributed by atoms with van der Waals surface area (Å²) in [5, 5.41) is 18.0. The van der Waals surface area contributed by atoms with Crippen molar-refractivity contribution in [3.63, 3.8) is 0 Å². The summed E-state index contributed by atoms with van der Waals surface area (Å²) < 4.78 is 0. The quantitative estimate of drug-likeness (QED) is 0.237. The van der Waals surface area contributed by atoms with Crippen molar-refractivity contribution in [2.75, 3.05) is 13.2 Å². The van der Waals surface area contributed by atoms with Crippen molar-refractivity contribution < 1.29 is 19.5 Å². The molecule has 1 unspecified atom stereocenters. The predicted molar refractivity (Wildman–Crippen MR) is 141 cm³/mol. The highest BCUT2D eigenvalue weighted by molar-refractivity contribution is 7.81. The minimum atomic E-state index is -0.687. The van der Waals surface area contributed by atoms with Gasteiger partial charge in [-0.05, 0) is 43.2 Å². The molecule has 1 aromatic rings. The molecule has 1 aromatic carbocycles. The largest absolute Gasteiger partial charge is 0.395 e. The number of amides is 3. The van der Waals surface area contributed by atoms with Gasteiger partial charge in [0.05, 0.1) is 6.61 Å². The van der Waals surface area contributed by atoms with Gasteiger partial charge in [0.25, 0.3) is 0 Å². The Morgan fingerprint density at radius 3 is 2.49 bits per heavy atom. The average molecular weight is 502 g/mol. The average Bonchev–Trinajstić information content (AvgIpc) is 2.88. The van der Waals surface area contributed by atoms with E-state index in [1.54, 1.807) is 6.08 Å². The molecule has 2 aliphatic rings. The zero-order chi connectivity index (χ0) is 25.0. The van der Waals surface area contributed by atoms with Gasteiger partial charge >= 0.3 is 0 Å². The molecule has 1 saturated heterocycles. The van der Waals surface area contributed by atoms with Gasteiger partial charge < -0.3 is 21.1 Å². The Balaban J connectivity index is 1.68. The molecule has 35 heavy (non-hydrogen) atoms. The van der Waals surface area contributed by atoms with E-state index in [0.717, 1.165) is 44.1 Å². The highest BCUT2D eigenvalue weighted by Crippen LogP contribution is 2.28. The van der Waals surface area contributed by atoms with Crippen LogP contribution in [0.5, 0.6) is 0 Å². The fourth-order valence-corrected chi connectivity index (χ4v) is 5.23. The summed E-state index contributed by atoms with van der Waals surface area (Å²) in [5.41, 5.74) is 0.905. The minimum Gasteiger partial charge on any atom is -0.395 e. The maximum Gasteiger partial charge on any atom is 0.244 e. The van der Waals surface area contributed by atoms with Gasteiger partial charge in [0.15, 0.2) is 0 Å². The van der Waals surface area contributed by atoms with Crippen LogP contribution in [0.3, 0.4) is 0 Å². The second kappa shape index (κ2) is 14.3. The summed E-state index contributed by atoms with van der Waals surface area (Å²) in [6.45, 7) is 0.449. The van der Waals surface area contributed by atoms with E-state index in [4.69, 9.17) is 0 Å². The fraction of sp³-hybridized carbons (Fsp3) is 0.593. The molecule has 2 fully saturated rings. The third kappa shape index (κ3) is 9.00. The van der Waals surface area contributed by atoms with Crippen LogP contribution in [0.1, 0.15) is 63.4 Å². The molecule has 1 aliphatic carbocycles. The van der Waals surface area contributed by atoms with Crippen LogP contribution in [0.2, 0.25) is 0 Å². The highest BCUT2D eigenvalue weighted by atomic mass is 32.1. The van der Waals surface area contributed by atoms with E-state index in [1.807, 2.05) is 30.3 Å². The molecule has 1 heterocycles. The second-order valence-electron chi connectivity index (χ2n) is 9.78. The summed E-state index contributed by atoms with van der Waals surface area (Å²) in [5.74, 6) is -0.476. The van der Waals surface area contributed by atoms with Gasteiger partial charge in [0.2, 0.25) is 17.7 Å². The zero-order valence-electron chi connectivity index (χ0n) is 20.3. The van der Waals surface area contributed by atoms with Crippen LogP contribution >= 0.6 is 12.6 Å². The number of benzene rings is 1. The molecule has 0 radical (unpaired) electrons.